The molecule has 3 heteroatoms. The van der Waals surface area contributed by atoms with E-state index in [4.69, 9.17) is 0 Å². The molecule has 1 aliphatic carbocycles. The lowest BCUT2D eigenvalue weighted by atomic mass is 9.93. The molecule has 0 amide bonds. The molecule has 90 valence electrons. The van der Waals surface area contributed by atoms with Crippen LogP contribution < -0.4 is 5.32 Å². The number of rotatable bonds is 5. The van der Waals surface area contributed by atoms with E-state index in [0.29, 0.717) is 12.0 Å². The van der Waals surface area contributed by atoms with Gasteiger partial charge in [-0.3, -0.25) is 0 Å². The number of thioether (sulfide) groups is 1. The van der Waals surface area contributed by atoms with Gasteiger partial charge in [-0.15, -0.1) is 0 Å². The van der Waals surface area contributed by atoms with Gasteiger partial charge in [0.15, 0.2) is 0 Å². The Balaban J connectivity index is 2.46. The molecule has 0 aliphatic heterocycles. The quantitative estimate of drug-likeness (QED) is 0.761. The normalized spacial score (nSPS) is 29.4. The first-order valence-corrected chi connectivity index (χ1v) is 7.37. The monoisotopic (exact) mass is 231 g/mol. The van der Waals surface area contributed by atoms with E-state index in [1.54, 1.807) is 0 Å². The summed E-state index contributed by atoms with van der Waals surface area (Å²) >= 11 is 1.97. The van der Waals surface area contributed by atoms with Crippen molar-refractivity contribution < 1.29 is 5.11 Å². The van der Waals surface area contributed by atoms with E-state index in [-0.39, 0.29) is 12.6 Å². The number of aliphatic hydroxyl groups is 1. The van der Waals surface area contributed by atoms with Crippen LogP contribution >= 0.6 is 11.8 Å². The summed E-state index contributed by atoms with van der Waals surface area (Å²) in [5.41, 5.74) is 0. The number of nitrogens with one attached hydrogen (secondary N) is 1. The van der Waals surface area contributed by atoms with Crippen LogP contribution in [0.1, 0.15) is 39.5 Å². The van der Waals surface area contributed by atoms with E-state index in [9.17, 15) is 5.11 Å². The summed E-state index contributed by atoms with van der Waals surface area (Å²) in [6.45, 7) is 4.60. The molecule has 2 N–H and O–H groups in total. The Labute approximate surface area is 98.2 Å². The minimum absolute atomic E-state index is 0.259. The smallest absolute Gasteiger partial charge is 0.0587 e. The lowest BCUT2D eigenvalue weighted by Crippen LogP contribution is -2.49. The van der Waals surface area contributed by atoms with Crippen LogP contribution in [0.25, 0.3) is 0 Å². The minimum Gasteiger partial charge on any atom is -0.395 e. The zero-order valence-electron chi connectivity index (χ0n) is 10.2. The van der Waals surface area contributed by atoms with Gasteiger partial charge in [-0.05, 0) is 25.0 Å². The Hall–Kier alpha value is 0.270. The Kier molecular flexibility index (Phi) is 6.02. The lowest BCUT2D eigenvalue weighted by molar-refractivity contribution is 0.190. The highest BCUT2D eigenvalue weighted by atomic mass is 32.2. The van der Waals surface area contributed by atoms with Crippen molar-refractivity contribution in [3.8, 4) is 0 Å². The zero-order chi connectivity index (χ0) is 11.3. The van der Waals surface area contributed by atoms with Gasteiger partial charge in [-0.2, -0.15) is 11.8 Å². The van der Waals surface area contributed by atoms with Gasteiger partial charge in [0, 0.05) is 17.3 Å². The topological polar surface area (TPSA) is 32.3 Å². The van der Waals surface area contributed by atoms with Gasteiger partial charge < -0.3 is 10.4 Å². The fourth-order valence-electron chi connectivity index (χ4n) is 2.30. The molecular formula is C12H25NOS. The third kappa shape index (κ3) is 3.97. The van der Waals surface area contributed by atoms with Crippen molar-refractivity contribution >= 4 is 11.8 Å². The molecule has 2 nitrogen and oxygen atoms in total. The Morgan fingerprint density at radius 2 is 2.00 bits per heavy atom. The summed E-state index contributed by atoms with van der Waals surface area (Å²) in [5, 5.41) is 13.7. The van der Waals surface area contributed by atoms with Crippen LogP contribution in [-0.4, -0.2) is 35.3 Å². The van der Waals surface area contributed by atoms with Crippen molar-refractivity contribution in [2.45, 2.75) is 56.9 Å². The molecule has 0 aromatic carbocycles. The molecule has 0 aromatic heterocycles. The van der Waals surface area contributed by atoms with Crippen molar-refractivity contribution in [1.82, 2.24) is 5.32 Å². The number of hydrogen-bond donors (Lipinski definition) is 2. The molecule has 3 atom stereocenters. The second-order valence-electron chi connectivity index (χ2n) is 4.86. The van der Waals surface area contributed by atoms with E-state index in [1.165, 1.54) is 25.7 Å². The second-order valence-corrected chi connectivity index (χ2v) is 5.94. The third-order valence-electron chi connectivity index (χ3n) is 3.43. The Bertz CT molecular complexity index is 175. The summed E-state index contributed by atoms with van der Waals surface area (Å²) in [7, 11) is 0. The molecule has 0 spiro atoms. The summed E-state index contributed by atoms with van der Waals surface area (Å²) in [6, 6.07) is 0.871. The minimum atomic E-state index is 0.259. The first-order chi connectivity index (χ1) is 7.19. The maximum atomic E-state index is 9.32. The maximum Gasteiger partial charge on any atom is 0.0587 e. The van der Waals surface area contributed by atoms with Gasteiger partial charge in [-0.1, -0.05) is 26.7 Å². The fourth-order valence-corrected chi connectivity index (χ4v) is 3.25. The first-order valence-electron chi connectivity index (χ1n) is 6.08. The molecule has 0 heterocycles. The molecule has 0 saturated heterocycles. The molecule has 0 bridgehead atoms. The molecule has 1 fully saturated rings. The third-order valence-corrected chi connectivity index (χ3v) is 4.60. The molecule has 0 radical (unpaired) electrons. The molecule has 15 heavy (non-hydrogen) atoms. The first kappa shape index (κ1) is 13.3. The van der Waals surface area contributed by atoms with Crippen LogP contribution in [0.2, 0.25) is 0 Å². The van der Waals surface area contributed by atoms with Crippen molar-refractivity contribution in [1.29, 1.82) is 0 Å². The highest BCUT2D eigenvalue weighted by Gasteiger charge is 2.26. The van der Waals surface area contributed by atoms with Crippen LogP contribution in [0.4, 0.5) is 0 Å². The van der Waals surface area contributed by atoms with Crippen LogP contribution in [-0.2, 0) is 0 Å². The summed E-state index contributed by atoms with van der Waals surface area (Å²) in [5.74, 6) is 0.513. The van der Waals surface area contributed by atoms with Gasteiger partial charge >= 0.3 is 0 Å². The highest BCUT2D eigenvalue weighted by molar-refractivity contribution is 7.99. The van der Waals surface area contributed by atoms with E-state index >= 15 is 0 Å². The summed E-state index contributed by atoms with van der Waals surface area (Å²) in [4.78, 5) is 0. The lowest BCUT2D eigenvalue weighted by Gasteiger charge is -2.35. The van der Waals surface area contributed by atoms with E-state index in [2.05, 4.69) is 25.4 Å². The largest absolute Gasteiger partial charge is 0.395 e. The Morgan fingerprint density at radius 3 is 2.53 bits per heavy atom. The molecular weight excluding hydrogens is 206 g/mol. The summed E-state index contributed by atoms with van der Waals surface area (Å²) in [6.07, 6.45) is 7.51. The van der Waals surface area contributed by atoms with Gasteiger partial charge in [0.2, 0.25) is 0 Å². The number of aliphatic hydroxyl groups excluding tert-OH is 1. The van der Waals surface area contributed by atoms with E-state index < -0.39 is 0 Å². The zero-order valence-corrected chi connectivity index (χ0v) is 11.0. The van der Waals surface area contributed by atoms with Crippen LogP contribution in [0.15, 0.2) is 0 Å². The van der Waals surface area contributed by atoms with Crippen molar-refractivity contribution in [2.75, 3.05) is 12.9 Å². The predicted molar refractivity (Wildman–Crippen MR) is 68.4 cm³/mol. The van der Waals surface area contributed by atoms with Gasteiger partial charge in [0.1, 0.15) is 0 Å². The van der Waals surface area contributed by atoms with Crippen LogP contribution in [0.5, 0.6) is 0 Å². The fraction of sp³-hybridized carbons (Fsp3) is 1.00. The SMILES string of the molecule is CSC1CCCCC1N[C@H](CO)C(C)C. The van der Waals surface area contributed by atoms with Crippen molar-refractivity contribution in [2.24, 2.45) is 5.92 Å². The Morgan fingerprint density at radius 1 is 1.33 bits per heavy atom. The molecule has 1 saturated carbocycles. The van der Waals surface area contributed by atoms with Crippen molar-refractivity contribution in [3.63, 3.8) is 0 Å². The number of hydrogen-bond acceptors (Lipinski definition) is 3. The molecule has 2 unspecified atom stereocenters. The molecule has 0 aromatic rings. The van der Waals surface area contributed by atoms with E-state index in [0.717, 1.165) is 5.25 Å². The summed E-state index contributed by atoms with van der Waals surface area (Å²) < 4.78 is 0. The van der Waals surface area contributed by atoms with Crippen molar-refractivity contribution in [3.05, 3.63) is 0 Å². The van der Waals surface area contributed by atoms with Gasteiger partial charge in [-0.25, -0.2) is 0 Å². The van der Waals surface area contributed by atoms with Gasteiger partial charge in [0.25, 0.3) is 0 Å². The van der Waals surface area contributed by atoms with Crippen LogP contribution in [0, 0.1) is 5.92 Å². The molecule has 1 rings (SSSR count). The maximum absolute atomic E-state index is 9.32. The van der Waals surface area contributed by atoms with Crippen LogP contribution in [0.3, 0.4) is 0 Å². The average molecular weight is 231 g/mol. The second kappa shape index (κ2) is 6.77. The average Bonchev–Trinajstić information content (AvgIpc) is 2.25. The van der Waals surface area contributed by atoms with Gasteiger partial charge in [0.05, 0.1) is 6.61 Å². The molecule has 1 aliphatic rings. The standard InChI is InChI=1S/C12H25NOS/c1-9(2)11(8-14)13-10-6-4-5-7-12(10)15-3/h9-14H,4-8H2,1-3H3/t10?,11-,12?/m1/s1. The predicted octanol–water partition coefficient (Wildman–Crippen LogP) is 2.27. The van der Waals surface area contributed by atoms with E-state index in [1.807, 2.05) is 11.8 Å². The highest BCUT2D eigenvalue weighted by Crippen LogP contribution is 2.27.